The van der Waals surface area contributed by atoms with E-state index in [2.05, 4.69) is 63.8 Å². The Morgan fingerprint density at radius 3 is 1.97 bits per heavy atom. The summed E-state index contributed by atoms with van der Waals surface area (Å²) in [5, 5.41) is 11.6. The number of ether oxygens (including phenoxy) is 1. The molecule has 4 heterocycles. The summed E-state index contributed by atoms with van der Waals surface area (Å²) in [7, 11) is 0. The fourth-order valence-electron chi connectivity index (χ4n) is 7.40. The number of benzene rings is 3. The van der Waals surface area contributed by atoms with E-state index in [-0.39, 0.29) is 12.5 Å². The summed E-state index contributed by atoms with van der Waals surface area (Å²) in [6.45, 7) is 11.9. The van der Waals surface area contributed by atoms with Gasteiger partial charge in [-0.25, -0.2) is 19.4 Å². The normalized spacial score (nSPS) is 13.5. The van der Waals surface area contributed by atoms with Crippen molar-refractivity contribution in [3.63, 3.8) is 0 Å². The Balaban J connectivity index is 1.14. The van der Waals surface area contributed by atoms with Gasteiger partial charge < -0.3 is 20.3 Å². The summed E-state index contributed by atoms with van der Waals surface area (Å²) in [6, 6.07) is 40.2. The van der Waals surface area contributed by atoms with Crippen LogP contribution in [0.4, 0.5) is 27.9 Å². The van der Waals surface area contributed by atoms with Gasteiger partial charge >= 0.3 is 6.09 Å². The number of piperidine rings is 1. The maximum absolute atomic E-state index is 13.8. The van der Waals surface area contributed by atoms with Crippen LogP contribution in [0, 0.1) is 12.8 Å². The molecule has 0 bridgehead atoms. The van der Waals surface area contributed by atoms with E-state index in [0.717, 1.165) is 54.1 Å². The van der Waals surface area contributed by atoms with Crippen molar-refractivity contribution in [1.82, 2.24) is 19.7 Å². The van der Waals surface area contributed by atoms with E-state index in [0.29, 0.717) is 35.3 Å². The zero-order valence-corrected chi connectivity index (χ0v) is 33.9. The van der Waals surface area contributed by atoms with Crippen LogP contribution in [0.1, 0.15) is 73.3 Å². The highest BCUT2D eigenvalue weighted by molar-refractivity contribution is 6.07. The molecule has 0 aliphatic carbocycles. The summed E-state index contributed by atoms with van der Waals surface area (Å²) in [6.07, 6.45) is 4.89. The molecule has 3 aromatic carbocycles. The SMILES string of the molecule is Cc1ccc(C(=O)Nc2ccc(N(CCn3nccc3NC(c3ccccc3)(c3ccccc3)c3ccccc3)C(=O)OC(C)(C)C)nc2)c(N2CCC(C)CC2)n1. The van der Waals surface area contributed by atoms with Gasteiger partial charge in [-0.05, 0) is 87.4 Å². The molecule has 3 aromatic heterocycles. The number of carbonyl (C=O) groups is 2. The monoisotopic (exact) mass is 776 g/mol. The van der Waals surface area contributed by atoms with Gasteiger partial charge in [-0.2, -0.15) is 5.10 Å². The minimum atomic E-state index is -0.768. The standard InChI is InChI=1S/C47H52N8O3/c1-34-26-29-53(30-27-34)43-40(23-21-35(2)50-43)44(56)51-39-22-24-41(48-33-39)54(45(57)58-46(3,4)5)31-32-55-42(25-28-49-55)52-47(36-15-9-6-10-16-36,37-17-11-7-12-18-37)38-19-13-8-14-20-38/h6-25,28,33-34,52H,26-27,29-32H2,1-5H3,(H,51,56). The molecule has 0 atom stereocenters. The van der Waals surface area contributed by atoms with Crippen molar-refractivity contribution in [2.24, 2.45) is 5.92 Å². The molecule has 0 saturated carbocycles. The quantitative estimate of drug-likeness (QED) is 0.118. The number of hydrogen-bond donors (Lipinski definition) is 2. The Morgan fingerprint density at radius 2 is 1.41 bits per heavy atom. The molecule has 58 heavy (non-hydrogen) atoms. The molecule has 2 amide bonds. The number of hydrogen-bond acceptors (Lipinski definition) is 8. The number of rotatable bonds is 12. The van der Waals surface area contributed by atoms with Crippen LogP contribution in [0.25, 0.3) is 0 Å². The van der Waals surface area contributed by atoms with Crippen molar-refractivity contribution >= 4 is 35.1 Å². The minimum Gasteiger partial charge on any atom is -0.443 e. The van der Waals surface area contributed by atoms with Crippen molar-refractivity contribution in [3.8, 4) is 0 Å². The van der Waals surface area contributed by atoms with E-state index in [1.165, 1.54) is 4.90 Å². The smallest absolute Gasteiger partial charge is 0.416 e. The molecule has 298 valence electrons. The fourth-order valence-corrected chi connectivity index (χ4v) is 7.40. The molecule has 0 radical (unpaired) electrons. The largest absolute Gasteiger partial charge is 0.443 e. The topological polar surface area (TPSA) is 118 Å². The molecule has 11 heteroatoms. The maximum Gasteiger partial charge on any atom is 0.416 e. The molecular weight excluding hydrogens is 725 g/mol. The molecule has 2 N–H and O–H groups in total. The van der Waals surface area contributed by atoms with Gasteiger partial charge in [0.05, 0.1) is 36.7 Å². The second kappa shape index (κ2) is 17.3. The zero-order chi connectivity index (χ0) is 40.7. The van der Waals surface area contributed by atoms with Crippen molar-refractivity contribution in [1.29, 1.82) is 0 Å². The number of aromatic nitrogens is 4. The van der Waals surface area contributed by atoms with E-state index in [1.807, 2.05) is 105 Å². The van der Waals surface area contributed by atoms with Gasteiger partial charge in [0.2, 0.25) is 0 Å². The molecule has 0 unspecified atom stereocenters. The van der Waals surface area contributed by atoms with Crippen LogP contribution < -0.4 is 20.4 Å². The van der Waals surface area contributed by atoms with E-state index >= 15 is 0 Å². The van der Waals surface area contributed by atoms with Gasteiger partial charge in [0.1, 0.15) is 28.6 Å². The second-order valence-electron chi connectivity index (χ2n) is 15.9. The maximum atomic E-state index is 13.8. The highest BCUT2D eigenvalue weighted by Crippen LogP contribution is 2.40. The number of anilines is 4. The third-order valence-corrected chi connectivity index (χ3v) is 10.4. The molecule has 1 fully saturated rings. The first kappa shape index (κ1) is 39.7. The van der Waals surface area contributed by atoms with Crippen LogP contribution >= 0.6 is 0 Å². The first-order chi connectivity index (χ1) is 28.0. The molecule has 11 nitrogen and oxygen atoms in total. The van der Waals surface area contributed by atoms with Crippen LogP contribution in [0.3, 0.4) is 0 Å². The summed E-state index contributed by atoms with van der Waals surface area (Å²) in [5.74, 6) is 2.22. The molecule has 1 saturated heterocycles. The highest BCUT2D eigenvalue weighted by atomic mass is 16.6. The zero-order valence-electron chi connectivity index (χ0n) is 33.9. The third-order valence-electron chi connectivity index (χ3n) is 10.4. The van der Waals surface area contributed by atoms with E-state index in [9.17, 15) is 9.59 Å². The highest BCUT2D eigenvalue weighted by Gasteiger charge is 2.37. The molecule has 7 rings (SSSR count). The average Bonchev–Trinajstić information content (AvgIpc) is 3.67. The van der Waals surface area contributed by atoms with Crippen LogP contribution in [0.15, 0.2) is 134 Å². The summed E-state index contributed by atoms with van der Waals surface area (Å²) in [4.78, 5) is 40.6. The number of nitrogens with one attached hydrogen (secondary N) is 2. The van der Waals surface area contributed by atoms with Gasteiger partial charge in [-0.1, -0.05) is 97.9 Å². The first-order valence-electron chi connectivity index (χ1n) is 20.0. The third kappa shape index (κ3) is 9.04. The number of pyridine rings is 2. The molecule has 0 spiro atoms. The minimum absolute atomic E-state index is 0.200. The van der Waals surface area contributed by atoms with E-state index < -0.39 is 17.2 Å². The average molecular weight is 777 g/mol. The van der Waals surface area contributed by atoms with E-state index in [4.69, 9.17) is 14.8 Å². The van der Waals surface area contributed by atoms with Crippen molar-refractivity contribution < 1.29 is 14.3 Å². The Bertz CT molecular complexity index is 2190. The Kier molecular flexibility index (Phi) is 11.9. The van der Waals surface area contributed by atoms with Crippen LogP contribution in [-0.4, -0.2) is 57.0 Å². The van der Waals surface area contributed by atoms with Crippen molar-refractivity contribution in [2.45, 2.75) is 65.1 Å². The van der Waals surface area contributed by atoms with Gasteiger partial charge in [-0.15, -0.1) is 0 Å². The van der Waals surface area contributed by atoms with Crippen LogP contribution in [-0.2, 0) is 16.8 Å². The summed E-state index contributed by atoms with van der Waals surface area (Å²) in [5.41, 5.74) is 3.53. The predicted octanol–water partition coefficient (Wildman–Crippen LogP) is 9.32. The van der Waals surface area contributed by atoms with Gasteiger partial charge in [0, 0.05) is 24.8 Å². The van der Waals surface area contributed by atoms with Crippen LogP contribution in [0.2, 0.25) is 0 Å². The van der Waals surface area contributed by atoms with E-state index in [1.54, 1.807) is 24.5 Å². The number of amides is 2. The number of aryl methyl sites for hydroxylation is 1. The van der Waals surface area contributed by atoms with Gasteiger partial charge in [0.25, 0.3) is 5.91 Å². The van der Waals surface area contributed by atoms with Crippen LogP contribution in [0.5, 0.6) is 0 Å². The summed E-state index contributed by atoms with van der Waals surface area (Å²) < 4.78 is 7.72. The second-order valence-corrected chi connectivity index (χ2v) is 15.9. The Morgan fingerprint density at radius 1 is 0.810 bits per heavy atom. The molecule has 6 aromatic rings. The lowest BCUT2D eigenvalue weighted by Crippen LogP contribution is -2.40. The van der Waals surface area contributed by atoms with Crippen molar-refractivity contribution in [3.05, 3.63) is 162 Å². The fraction of sp³-hybridized carbons (Fsp3) is 0.298. The van der Waals surface area contributed by atoms with Gasteiger partial charge in [-0.3, -0.25) is 9.69 Å². The molecular formula is C47H52N8O3. The Labute approximate surface area is 341 Å². The molecule has 1 aliphatic rings. The summed E-state index contributed by atoms with van der Waals surface area (Å²) >= 11 is 0. The number of carbonyl (C=O) groups excluding carboxylic acids is 2. The Hall–Kier alpha value is -6.49. The molecule has 1 aliphatic heterocycles. The lowest BCUT2D eigenvalue weighted by atomic mass is 9.77. The first-order valence-corrected chi connectivity index (χ1v) is 20.0. The lowest BCUT2D eigenvalue weighted by molar-refractivity contribution is 0.0577. The van der Waals surface area contributed by atoms with Gasteiger partial charge in [0.15, 0.2) is 0 Å². The predicted molar refractivity (Wildman–Crippen MR) is 230 cm³/mol. The van der Waals surface area contributed by atoms with Crippen molar-refractivity contribution in [2.75, 3.05) is 40.1 Å². The number of nitrogens with zero attached hydrogens (tertiary/aromatic N) is 6. The lowest BCUT2D eigenvalue weighted by Gasteiger charge is -2.38.